The monoisotopic (exact) mass is 403 g/mol. The zero-order chi connectivity index (χ0) is 21.3. The number of esters is 1. The predicted octanol–water partition coefficient (Wildman–Crippen LogP) is 3.18. The van der Waals surface area contributed by atoms with Crippen LogP contribution in [0.5, 0.6) is 0 Å². The molecule has 5 rings (SSSR count). The van der Waals surface area contributed by atoms with Crippen LogP contribution >= 0.6 is 0 Å². The molecular formula is C22H29NO6. The molecule has 1 aromatic rings. The molecule has 4 aliphatic carbocycles. The third-order valence-electron chi connectivity index (χ3n) is 8.28. The fourth-order valence-electron chi connectivity index (χ4n) is 6.77. The van der Waals surface area contributed by atoms with Crippen molar-refractivity contribution < 1.29 is 24.7 Å². The summed E-state index contributed by atoms with van der Waals surface area (Å²) in [4.78, 5) is 23.1. The van der Waals surface area contributed by atoms with Crippen molar-refractivity contribution in [3.05, 3.63) is 39.9 Å². The Kier molecular flexibility index (Phi) is 4.55. The number of aliphatic hydroxyl groups excluding tert-OH is 2. The van der Waals surface area contributed by atoms with Crippen molar-refractivity contribution in [1.82, 2.24) is 0 Å². The SMILES string of the molecule is C[C@H]1C[C@@H](OC(=O)c2ccc([N+](=O)[O-])cc2)[C@@H]2[C@H]3[C@H]1[C@@]2(C)[C@H](O)C[C@@H](O)C3(C)C. The summed E-state index contributed by atoms with van der Waals surface area (Å²) < 4.78 is 5.93. The molecule has 0 heterocycles. The smallest absolute Gasteiger partial charge is 0.338 e. The van der Waals surface area contributed by atoms with Crippen molar-refractivity contribution in [2.24, 2.45) is 34.5 Å². The molecule has 0 aromatic heterocycles. The van der Waals surface area contributed by atoms with E-state index in [1.54, 1.807) is 0 Å². The number of carbonyl (C=O) groups is 1. The van der Waals surface area contributed by atoms with Crippen molar-refractivity contribution in [3.8, 4) is 0 Å². The Bertz CT molecular complexity index is 836. The van der Waals surface area contributed by atoms with E-state index in [0.29, 0.717) is 6.42 Å². The number of hydrogen-bond donors (Lipinski definition) is 2. The topological polar surface area (TPSA) is 110 Å². The lowest BCUT2D eigenvalue weighted by Gasteiger charge is -2.71. The van der Waals surface area contributed by atoms with Crippen LogP contribution in [0.3, 0.4) is 0 Å². The molecule has 4 bridgehead atoms. The number of nitrogens with zero attached hydrogens (tertiary/aromatic N) is 1. The highest BCUT2D eigenvalue weighted by Gasteiger charge is 2.74. The second kappa shape index (κ2) is 6.51. The first-order valence-corrected chi connectivity index (χ1v) is 10.3. The summed E-state index contributed by atoms with van der Waals surface area (Å²) in [6.45, 7) is 8.30. The molecule has 29 heavy (non-hydrogen) atoms. The normalized spacial score (nSPS) is 42.3. The van der Waals surface area contributed by atoms with Crippen LogP contribution < -0.4 is 0 Å². The number of carbonyl (C=O) groups excluding carboxylic acids is 1. The fourth-order valence-corrected chi connectivity index (χ4v) is 6.77. The standard InChI is InChI=1S/C22H29NO6/c1-11-9-14(29-20(26)12-5-7-13(8-6-12)23(27)28)18-19-17(11)22(18,4)16(25)10-15(24)21(19,2)3/h5-8,11,14-19,24-25H,9-10H2,1-4H3/t11-,14+,15+,16+,17-,18+,19+,22+/m0/s1. The van der Waals surface area contributed by atoms with E-state index in [4.69, 9.17) is 4.74 Å². The van der Waals surface area contributed by atoms with Crippen molar-refractivity contribution in [2.45, 2.75) is 58.8 Å². The molecule has 0 spiro atoms. The van der Waals surface area contributed by atoms with Crippen LogP contribution in [0.1, 0.15) is 50.9 Å². The number of nitro groups is 1. The Morgan fingerprint density at radius 3 is 2.28 bits per heavy atom. The fraction of sp³-hybridized carbons (Fsp3) is 0.682. The number of non-ortho nitro benzene ring substituents is 1. The van der Waals surface area contributed by atoms with E-state index in [9.17, 15) is 25.1 Å². The van der Waals surface area contributed by atoms with E-state index >= 15 is 0 Å². The molecule has 4 fully saturated rings. The van der Waals surface area contributed by atoms with Crippen molar-refractivity contribution in [2.75, 3.05) is 0 Å². The summed E-state index contributed by atoms with van der Waals surface area (Å²) in [6.07, 6.45) is -0.546. The second-order valence-corrected chi connectivity index (χ2v) is 9.99. The molecule has 158 valence electrons. The highest BCUT2D eigenvalue weighted by Crippen LogP contribution is 2.73. The molecular weight excluding hydrogens is 374 g/mol. The average molecular weight is 403 g/mol. The summed E-state index contributed by atoms with van der Waals surface area (Å²) in [7, 11) is 0. The maximum Gasteiger partial charge on any atom is 0.338 e. The Labute approximate surface area is 170 Å². The Morgan fingerprint density at radius 1 is 1.07 bits per heavy atom. The first-order valence-electron chi connectivity index (χ1n) is 10.3. The van der Waals surface area contributed by atoms with E-state index in [1.807, 2.05) is 13.8 Å². The first-order chi connectivity index (χ1) is 13.5. The number of benzene rings is 1. The molecule has 0 saturated heterocycles. The summed E-state index contributed by atoms with van der Waals surface area (Å²) in [5.74, 6) is 0.175. The highest BCUT2D eigenvalue weighted by molar-refractivity contribution is 5.89. The van der Waals surface area contributed by atoms with Gasteiger partial charge in [-0.25, -0.2) is 4.79 Å². The van der Waals surface area contributed by atoms with Crippen LogP contribution in [0.2, 0.25) is 0 Å². The van der Waals surface area contributed by atoms with Gasteiger partial charge in [0.25, 0.3) is 5.69 Å². The molecule has 7 nitrogen and oxygen atoms in total. The summed E-state index contributed by atoms with van der Waals surface area (Å²) >= 11 is 0. The molecule has 1 aromatic carbocycles. The van der Waals surface area contributed by atoms with Crippen LogP contribution in [0.4, 0.5) is 5.69 Å². The first kappa shape index (κ1) is 20.3. The molecule has 4 saturated carbocycles. The van der Waals surface area contributed by atoms with Gasteiger partial charge >= 0.3 is 5.97 Å². The van der Waals surface area contributed by atoms with E-state index in [1.165, 1.54) is 24.3 Å². The molecule has 0 radical (unpaired) electrons. The van der Waals surface area contributed by atoms with Gasteiger partial charge in [0.1, 0.15) is 6.10 Å². The minimum atomic E-state index is -0.645. The van der Waals surface area contributed by atoms with Gasteiger partial charge in [-0.1, -0.05) is 27.7 Å². The van der Waals surface area contributed by atoms with Crippen LogP contribution in [0, 0.1) is 44.6 Å². The molecule has 0 unspecified atom stereocenters. The van der Waals surface area contributed by atoms with Gasteiger partial charge in [-0.2, -0.15) is 0 Å². The molecule has 2 N–H and O–H groups in total. The minimum absolute atomic E-state index is 0.0205. The van der Waals surface area contributed by atoms with Gasteiger partial charge in [-0.15, -0.1) is 0 Å². The van der Waals surface area contributed by atoms with Crippen molar-refractivity contribution in [1.29, 1.82) is 0 Å². The van der Waals surface area contributed by atoms with E-state index in [-0.39, 0.29) is 46.4 Å². The number of nitro benzene ring substituents is 1. The lowest BCUT2D eigenvalue weighted by atomic mass is 9.35. The van der Waals surface area contributed by atoms with Crippen LogP contribution in [-0.2, 0) is 4.74 Å². The van der Waals surface area contributed by atoms with Gasteiger partial charge in [-0.05, 0) is 41.7 Å². The summed E-state index contributed by atoms with van der Waals surface area (Å²) in [5.41, 5.74) is -0.569. The quantitative estimate of drug-likeness (QED) is 0.456. The Morgan fingerprint density at radius 2 is 1.69 bits per heavy atom. The van der Waals surface area contributed by atoms with Gasteiger partial charge in [-0.3, -0.25) is 10.1 Å². The molecule has 8 atom stereocenters. The number of ether oxygens (including phenoxy) is 1. The number of rotatable bonds is 3. The maximum atomic E-state index is 12.8. The Hall–Kier alpha value is -1.99. The zero-order valence-corrected chi connectivity index (χ0v) is 17.2. The minimum Gasteiger partial charge on any atom is -0.458 e. The van der Waals surface area contributed by atoms with Gasteiger partial charge in [0.05, 0.1) is 22.7 Å². The number of fused-ring (bicyclic) bond motifs is 2. The predicted molar refractivity (Wildman–Crippen MR) is 105 cm³/mol. The number of aliphatic hydroxyl groups is 2. The van der Waals surface area contributed by atoms with E-state index in [0.717, 1.165) is 6.42 Å². The van der Waals surface area contributed by atoms with Crippen LogP contribution in [0.25, 0.3) is 0 Å². The molecule has 7 heteroatoms. The summed E-state index contributed by atoms with van der Waals surface area (Å²) in [5, 5.41) is 32.5. The molecule has 4 aliphatic rings. The van der Waals surface area contributed by atoms with E-state index in [2.05, 4.69) is 13.8 Å². The van der Waals surface area contributed by atoms with Crippen molar-refractivity contribution >= 4 is 11.7 Å². The van der Waals surface area contributed by atoms with E-state index < -0.39 is 28.5 Å². The summed E-state index contributed by atoms with van der Waals surface area (Å²) in [6, 6.07) is 5.41. The lowest BCUT2D eigenvalue weighted by molar-refractivity contribution is -0.384. The second-order valence-electron chi connectivity index (χ2n) is 9.99. The molecule has 0 aliphatic heterocycles. The molecule has 0 amide bonds. The van der Waals surface area contributed by atoms with Gasteiger partial charge in [0.2, 0.25) is 0 Å². The number of hydrogen-bond acceptors (Lipinski definition) is 6. The van der Waals surface area contributed by atoms with Crippen molar-refractivity contribution in [3.63, 3.8) is 0 Å². The highest BCUT2D eigenvalue weighted by atomic mass is 16.6. The third-order valence-corrected chi connectivity index (χ3v) is 8.28. The average Bonchev–Trinajstić information content (AvgIpc) is 2.74. The largest absolute Gasteiger partial charge is 0.458 e. The van der Waals surface area contributed by atoms with Crippen LogP contribution in [-0.4, -0.2) is 39.4 Å². The Balaban J connectivity index is 1.62. The van der Waals surface area contributed by atoms with Gasteiger partial charge < -0.3 is 14.9 Å². The van der Waals surface area contributed by atoms with Crippen LogP contribution in [0.15, 0.2) is 24.3 Å². The zero-order valence-electron chi connectivity index (χ0n) is 17.2. The van der Waals surface area contributed by atoms with Gasteiger partial charge in [0.15, 0.2) is 0 Å². The maximum absolute atomic E-state index is 12.8. The lowest BCUT2D eigenvalue weighted by Crippen LogP contribution is -2.71. The van der Waals surface area contributed by atoms with Gasteiger partial charge in [0, 0.05) is 29.9 Å². The third kappa shape index (κ3) is 2.74.